The maximum atomic E-state index is 12.5. The first-order chi connectivity index (χ1) is 11.7. The minimum Gasteiger partial charge on any atom is -0.434 e. The molecule has 0 saturated heterocycles. The predicted octanol–water partition coefficient (Wildman–Crippen LogP) is 3.67. The molecule has 0 bridgehead atoms. The first kappa shape index (κ1) is 16.1. The number of rotatable bonds is 4. The molecule has 1 aromatic carbocycles. The lowest BCUT2D eigenvalue weighted by Gasteiger charge is -2.09. The third-order valence-electron chi connectivity index (χ3n) is 3.91. The van der Waals surface area contributed by atoms with Crippen molar-refractivity contribution in [2.75, 3.05) is 0 Å². The molecule has 2 aromatic rings. The van der Waals surface area contributed by atoms with E-state index in [4.69, 9.17) is 0 Å². The number of fused-ring (bicyclic) bond motifs is 1. The zero-order valence-electron chi connectivity index (χ0n) is 13.0. The molecule has 0 N–H and O–H groups in total. The summed E-state index contributed by atoms with van der Waals surface area (Å²) in [5, 5.41) is 17.8. The molecular weight excluding hydrogens is 314 g/mol. The van der Waals surface area contributed by atoms with Gasteiger partial charge in [0.1, 0.15) is 17.6 Å². The molecule has 3 rings (SSSR count). The van der Waals surface area contributed by atoms with E-state index < -0.39 is 6.61 Å². The van der Waals surface area contributed by atoms with E-state index >= 15 is 0 Å². The average Bonchev–Trinajstić information content (AvgIpc) is 2.82. The zero-order valence-corrected chi connectivity index (χ0v) is 13.0. The Morgan fingerprint density at radius 3 is 2.88 bits per heavy atom. The van der Waals surface area contributed by atoms with Crippen LogP contribution in [0.2, 0.25) is 0 Å². The molecule has 1 aliphatic heterocycles. The molecule has 5 nitrogen and oxygen atoms in total. The van der Waals surface area contributed by atoms with Gasteiger partial charge in [-0.25, -0.2) is 0 Å². The van der Waals surface area contributed by atoms with Crippen molar-refractivity contribution in [1.29, 1.82) is 5.26 Å². The van der Waals surface area contributed by atoms with Gasteiger partial charge in [-0.3, -0.25) is 0 Å². The number of aryl methyl sites for hydroxylation is 1. The van der Waals surface area contributed by atoms with Crippen molar-refractivity contribution in [1.82, 2.24) is 14.8 Å². The maximum Gasteiger partial charge on any atom is 0.387 e. The Morgan fingerprint density at radius 2 is 2.08 bits per heavy atom. The number of para-hydroxylation sites is 1. The highest BCUT2D eigenvalue weighted by Gasteiger charge is 2.18. The van der Waals surface area contributed by atoms with Gasteiger partial charge in [0.05, 0.1) is 5.57 Å². The zero-order chi connectivity index (χ0) is 16.9. The van der Waals surface area contributed by atoms with Crippen molar-refractivity contribution in [3.05, 3.63) is 41.5 Å². The summed E-state index contributed by atoms with van der Waals surface area (Å²) in [6, 6.07) is 8.46. The second-order valence-electron chi connectivity index (χ2n) is 5.49. The molecule has 124 valence electrons. The van der Waals surface area contributed by atoms with Gasteiger partial charge in [0.25, 0.3) is 0 Å². The lowest BCUT2D eigenvalue weighted by Crippen LogP contribution is -2.05. The topological polar surface area (TPSA) is 63.7 Å². The summed E-state index contributed by atoms with van der Waals surface area (Å²) in [5.41, 5.74) is 0.682. The first-order valence-electron chi connectivity index (χ1n) is 7.77. The van der Waals surface area contributed by atoms with E-state index in [1.165, 1.54) is 12.1 Å². The van der Waals surface area contributed by atoms with E-state index in [1.807, 2.05) is 4.57 Å². The third kappa shape index (κ3) is 3.43. The van der Waals surface area contributed by atoms with Gasteiger partial charge >= 0.3 is 6.61 Å². The maximum absolute atomic E-state index is 12.5. The van der Waals surface area contributed by atoms with Crippen molar-refractivity contribution in [3.8, 4) is 11.8 Å². The van der Waals surface area contributed by atoms with Crippen molar-refractivity contribution >= 4 is 11.6 Å². The highest BCUT2D eigenvalue weighted by atomic mass is 19.3. The van der Waals surface area contributed by atoms with E-state index in [1.54, 1.807) is 18.2 Å². The Hall–Kier alpha value is -2.75. The van der Waals surface area contributed by atoms with Crippen LogP contribution in [0.4, 0.5) is 8.78 Å². The monoisotopic (exact) mass is 330 g/mol. The molecule has 0 atom stereocenters. The van der Waals surface area contributed by atoms with E-state index in [-0.39, 0.29) is 11.3 Å². The van der Waals surface area contributed by atoms with Gasteiger partial charge < -0.3 is 9.30 Å². The van der Waals surface area contributed by atoms with Gasteiger partial charge in [-0.15, -0.1) is 10.2 Å². The van der Waals surface area contributed by atoms with Crippen LogP contribution in [-0.4, -0.2) is 21.4 Å². The predicted molar refractivity (Wildman–Crippen MR) is 84.1 cm³/mol. The molecule has 0 radical (unpaired) electrons. The summed E-state index contributed by atoms with van der Waals surface area (Å²) in [4.78, 5) is 0. The lowest BCUT2D eigenvalue weighted by molar-refractivity contribution is -0.0499. The molecule has 0 aliphatic carbocycles. The highest BCUT2D eigenvalue weighted by Crippen LogP contribution is 2.26. The standard InChI is InChI=1S/C17H16F2N4O/c18-17(19)24-14-7-4-3-6-12(14)10-13(11-20)16-22-21-15-8-2-1-5-9-23(15)16/h3-4,6-7,10,17H,1-2,5,8-9H2/b13-10+. The molecule has 7 heteroatoms. The molecule has 0 unspecified atom stereocenters. The van der Waals surface area contributed by atoms with Crippen molar-refractivity contribution < 1.29 is 13.5 Å². The summed E-state index contributed by atoms with van der Waals surface area (Å²) in [6.07, 6.45) is 5.51. The third-order valence-corrected chi connectivity index (χ3v) is 3.91. The van der Waals surface area contributed by atoms with Gasteiger partial charge in [0.15, 0.2) is 5.82 Å². The molecule has 1 aromatic heterocycles. The Kier molecular flexibility index (Phi) is 4.85. The highest BCUT2D eigenvalue weighted by molar-refractivity contribution is 5.88. The number of nitriles is 1. The van der Waals surface area contributed by atoms with E-state index in [0.717, 1.165) is 38.1 Å². The summed E-state index contributed by atoms with van der Waals surface area (Å²) in [6.45, 7) is -2.17. The number of allylic oxidation sites excluding steroid dienone is 1. The van der Waals surface area contributed by atoms with Crippen molar-refractivity contribution in [2.45, 2.75) is 38.8 Å². The number of hydrogen-bond donors (Lipinski definition) is 0. The second kappa shape index (κ2) is 7.21. The molecular formula is C17H16F2N4O. The van der Waals surface area contributed by atoms with Gasteiger partial charge in [-0.1, -0.05) is 24.6 Å². The smallest absolute Gasteiger partial charge is 0.387 e. The van der Waals surface area contributed by atoms with Crippen LogP contribution in [-0.2, 0) is 13.0 Å². The van der Waals surface area contributed by atoms with Crippen LogP contribution in [0.5, 0.6) is 5.75 Å². The van der Waals surface area contributed by atoms with Crippen LogP contribution in [0, 0.1) is 11.3 Å². The minimum absolute atomic E-state index is 0.0239. The first-order valence-corrected chi connectivity index (χ1v) is 7.77. The summed E-state index contributed by atoms with van der Waals surface area (Å²) in [5.74, 6) is 1.36. The molecule has 0 spiro atoms. The number of aromatic nitrogens is 3. The van der Waals surface area contributed by atoms with Crippen LogP contribution >= 0.6 is 0 Å². The normalized spacial score (nSPS) is 14.8. The molecule has 0 fully saturated rings. The molecule has 24 heavy (non-hydrogen) atoms. The number of ether oxygens (including phenoxy) is 1. The average molecular weight is 330 g/mol. The van der Waals surface area contributed by atoms with Gasteiger partial charge in [0.2, 0.25) is 0 Å². The Morgan fingerprint density at radius 1 is 1.25 bits per heavy atom. The second-order valence-corrected chi connectivity index (χ2v) is 5.49. The summed E-state index contributed by atoms with van der Waals surface area (Å²) in [7, 11) is 0. The number of nitrogens with zero attached hydrogens (tertiary/aromatic N) is 4. The Bertz CT molecular complexity index is 792. The van der Waals surface area contributed by atoms with Gasteiger partial charge in [0, 0.05) is 18.5 Å². The molecule has 2 heterocycles. The van der Waals surface area contributed by atoms with Crippen molar-refractivity contribution in [3.63, 3.8) is 0 Å². The van der Waals surface area contributed by atoms with Crippen LogP contribution in [0.1, 0.15) is 36.5 Å². The summed E-state index contributed by atoms with van der Waals surface area (Å²) >= 11 is 0. The van der Waals surface area contributed by atoms with Crippen LogP contribution in [0.3, 0.4) is 0 Å². The summed E-state index contributed by atoms with van der Waals surface area (Å²) < 4.78 is 31.5. The number of hydrogen-bond acceptors (Lipinski definition) is 4. The van der Waals surface area contributed by atoms with Gasteiger partial charge in [-0.2, -0.15) is 14.0 Å². The van der Waals surface area contributed by atoms with Crippen LogP contribution < -0.4 is 4.74 Å². The number of halogens is 2. The van der Waals surface area contributed by atoms with E-state index in [2.05, 4.69) is 21.0 Å². The minimum atomic E-state index is -2.92. The fourth-order valence-electron chi connectivity index (χ4n) is 2.79. The largest absolute Gasteiger partial charge is 0.434 e. The van der Waals surface area contributed by atoms with E-state index in [0.29, 0.717) is 11.4 Å². The van der Waals surface area contributed by atoms with E-state index in [9.17, 15) is 14.0 Å². The van der Waals surface area contributed by atoms with Crippen LogP contribution in [0.15, 0.2) is 24.3 Å². The lowest BCUT2D eigenvalue weighted by atomic mass is 10.1. The van der Waals surface area contributed by atoms with Crippen LogP contribution in [0.25, 0.3) is 11.6 Å². The molecule has 1 aliphatic rings. The Labute approximate surface area is 138 Å². The quantitative estimate of drug-likeness (QED) is 0.802. The fourth-order valence-corrected chi connectivity index (χ4v) is 2.79. The Balaban J connectivity index is 2.00. The fraction of sp³-hybridized carbons (Fsp3) is 0.353. The van der Waals surface area contributed by atoms with Gasteiger partial charge in [-0.05, 0) is 25.0 Å². The number of benzene rings is 1. The molecule has 0 saturated carbocycles. The van der Waals surface area contributed by atoms with Crippen molar-refractivity contribution in [2.24, 2.45) is 0 Å². The SMILES string of the molecule is N#C/C(=C\c1ccccc1OC(F)F)c1nnc2n1CCCCC2. The molecule has 0 amide bonds. The number of alkyl halides is 2.